The predicted octanol–water partition coefficient (Wildman–Crippen LogP) is 5.01. The topological polar surface area (TPSA) is 75.7 Å². The van der Waals surface area contributed by atoms with E-state index in [-0.39, 0.29) is 17.9 Å². The Kier molecular flexibility index (Phi) is 6.98. The second kappa shape index (κ2) is 9.63. The van der Waals surface area contributed by atoms with Gasteiger partial charge in [0.1, 0.15) is 6.04 Å². The molecular weight excluding hydrogens is 488 g/mol. The molecule has 0 fully saturated rings. The van der Waals surface area contributed by atoms with Gasteiger partial charge in [0.15, 0.2) is 0 Å². The van der Waals surface area contributed by atoms with E-state index in [9.17, 15) is 13.2 Å². The van der Waals surface area contributed by atoms with E-state index in [2.05, 4.69) is 5.48 Å². The number of carbonyl (C=O) groups excluding carboxylic acids is 1. The van der Waals surface area contributed by atoms with Crippen LogP contribution in [0.15, 0.2) is 77.7 Å². The van der Waals surface area contributed by atoms with Crippen molar-refractivity contribution in [1.82, 2.24) is 9.79 Å². The number of amides is 1. The molecule has 0 unspecified atom stereocenters. The fourth-order valence-electron chi connectivity index (χ4n) is 3.84. The van der Waals surface area contributed by atoms with Gasteiger partial charge < -0.3 is 4.53 Å². The number of carbonyl (C=O) groups is 1. The number of rotatable bonds is 6. The first kappa shape index (κ1) is 24.6. The molecule has 1 atom stereocenters. The lowest BCUT2D eigenvalue weighted by molar-refractivity contribution is -0.132. The number of hydrogen-bond donors (Lipinski definition) is 1. The van der Waals surface area contributed by atoms with Crippen LogP contribution in [-0.2, 0) is 32.3 Å². The summed E-state index contributed by atoms with van der Waals surface area (Å²) in [6.07, 6.45) is 0.277. The molecule has 34 heavy (non-hydrogen) atoms. The molecule has 0 saturated heterocycles. The Morgan fingerprint density at radius 3 is 2.09 bits per heavy atom. The van der Waals surface area contributed by atoms with Gasteiger partial charge in [-0.05, 0) is 72.6 Å². The minimum Gasteiger partial charge on any atom is -0.320 e. The molecule has 1 heterocycles. The summed E-state index contributed by atoms with van der Waals surface area (Å²) in [6, 6.07) is 20.7. The van der Waals surface area contributed by atoms with E-state index in [0.717, 1.165) is 22.3 Å². The minimum atomic E-state index is -3.95. The molecule has 1 aliphatic heterocycles. The molecule has 0 bridgehead atoms. The normalized spacial score (nSPS) is 16.6. The maximum absolute atomic E-state index is 13.7. The summed E-state index contributed by atoms with van der Waals surface area (Å²) in [7, 11) is -5.99. The zero-order valence-electron chi connectivity index (χ0n) is 19.3. The number of benzene rings is 3. The fraction of sp³-hybridized carbons (Fsp3) is 0.240. The first-order chi connectivity index (χ1) is 16.0. The van der Waals surface area contributed by atoms with Crippen LogP contribution in [0.3, 0.4) is 0 Å². The molecule has 3 aromatic carbocycles. The Bertz CT molecular complexity index is 1290. The summed E-state index contributed by atoms with van der Waals surface area (Å²) < 4.78 is 34.3. The first-order valence-electron chi connectivity index (χ1n) is 11.0. The SMILES string of the molecule is C[Si](C)(C)ONC(=O)[C@H]1Cc2ccccc2CN1S(=O)(=O)c1ccc(-c2ccc(Cl)cc2)cc1. The average Bonchev–Trinajstić information content (AvgIpc) is 2.82. The predicted molar refractivity (Wildman–Crippen MR) is 136 cm³/mol. The average molecular weight is 515 g/mol. The Labute approximate surface area is 206 Å². The molecule has 178 valence electrons. The van der Waals surface area contributed by atoms with Gasteiger partial charge in [0.2, 0.25) is 18.3 Å². The molecule has 1 amide bonds. The van der Waals surface area contributed by atoms with Crippen LogP contribution < -0.4 is 5.48 Å². The maximum atomic E-state index is 13.7. The number of fused-ring (bicyclic) bond motifs is 1. The van der Waals surface area contributed by atoms with Crippen LogP contribution in [0.5, 0.6) is 0 Å². The zero-order valence-corrected chi connectivity index (χ0v) is 21.9. The highest BCUT2D eigenvalue weighted by Crippen LogP contribution is 2.30. The lowest BCUT2D eigenvalue weighted by Crippen LogP contribution is -2.53. The van der Waals surface area contributed by atoms with E-state index < -0.39 is 30.3 Å². The summed E-state index contributed by atoms with van der Waals surface area (Å²) in [5, 5.41) is 0.635. The molecular formula is C25H27ClN2O4SSi. The van der Waals surface area contributed by atoms with Gasteiger partial charge in [0.25, 0.3) is 5.91 Å². The number of nitrogens with zero attached hydrogens (tertiary/aromatic N) is 1. The second-order valence-corrected chi connectivity index (χ2v) is 16.0. The van der Waals surface area contributed by atoms with Crippen molar-refractivity contribution in [3.05, 3.63) is 88.9 Å². The van der Waals surface area contributed by atoms with Gasteiger partial charge in [-0.2, -0.15) is 4.31 Å². The molecule has 0 spiro atoms. The summed E-state index contributed by atoms with van der Waals surface area (Å²) in [6.45, 7) is 5.95. The third-order valence-electron chi connectivity index (χ3n) is 5.60. The van der Waals surface area contributed by atoms with Crippen molar-refractivity contribution in [2.45, 2.75) is 43.5 Å². The Morgan fingerprint density at radius 1 is 0.941 bits per heavy atom. The summed E-state index contributed by atoms with van der Waals surface area (Å²) in [4.78, 5) is 13.2. The van der Waals surface area contributed by atoms with E-state index in [1.165, 1.54) is 4.31 Å². The minimum absolute atomic E-state index is 0.114. The van der Waals surface area contributed by atoms with E-state index in [1.807, 2.05) is 56.0 Å². The van der Waals surface area contributed by atoms with Crippen LogP contribution in [0, 0.1) is 0 Å². The molecule has 0 saturated carbocycles. The molecule has 6 nitrogen and oxygen atoms in total. The quantitative estimate of drug-likeness (QED) is 0.371. The molecule has 0 aromatic heterocycles. The molecule has 0 radical (unpaired) electrons. The molecule has 9 heteroatoms. The highest BCUT2D eigenvalue weighted by Gasteiger charge is 2.40. The number of sulfonamides is 1. The van der Waals surface area contributed by atoms with Gasteiger partial charge in [-0.25, -0.2) is 13.9 Å². The monoisotopic (exact) mass is 514 g/mol. The zero-order chi connectivity index (χ0) is 24.5. The summed E-state index contributed by atoms with van der Waals surface area (Å²) in [5.74, 6) is -0.460. The van der Waals surface area contributed by atoms with Gasteiger partial charge in [-0.1, -0.05) is 60.1 Å². The Hall–Kier alpha value is -2.49. The summed E-state index contributed by atoms with van der Waals surface area (Å²) in [5.41, 5.74) is 6.17. The third kappa shape index (κ3) is 5.42. The molecule has 1 aliphatic rings. The van der Waals surface area contributed by atoms with Gasteiger partial charge in [-0.3, -0.25) is 4.79 Å². The van der Waals surface area contributed by atoms with Crippen molar-refractivity contribution >= 4 is 35.8 Å². The van der Waals surface area contributed by atoms with Crippen LogP contribution in [0.4, 0.5) is 0 Å². The third-order valence-corrected chi connectivity index (χ3v) is 8.44. The van der Waals surface area contributed by atoms with Crippen LogP contribution in [0.25, 0.3) is 11.1 Å². The van der Waals surface area contributed by atoms with Gasteiger partial charge in [0, 0.05) is 11.6 Å². The first-order valence-corrected chi connectivity index (χ1v) is 16.2. The largest absolute Gasteiger partial charge is 0.320 e. The van der Waals surface area contributed by atoms with Crippen molar-refractivity contribution in [1.29, 1.82) is 0 Å². The molecule has 1 N–H and O–H groups in total. The van der Waals surface area contributed by atoms with Crippen molar-refractivity contribution in [2.24, 2.45) is 0 Å². The molecule has 3 aromatic rings. The van der Waals surface area contributed by atoms with E-state index in [0.29, 0.717) is 5.02 Å². The standard InChI is InChI=1S/C25H27ClN2O4SSi/c1-34(2,3)32-27-25(29)24-16-20-6-4-5-7-21(20)17-28(24)33(30,31)23-14-10-19(11-15-23)18-8-12-22(26)13-9-18/h4-15,24H,16-17H2,1-3H3,(H,27,29)/t24-/m1/s1. The highest BCUT2D eigenvalue weighted by molar-refractivity contribution is 7.89. The van der Waals surface area contributed by atoms with Gasteiger partial charge in [-0.15, -0.1) is 0 Å². The maximum Gasteiger partial charge on any atom is 0.261 e. The highest BCUT2D eigenvalue weighted by atomic mass is 35.5. The Morgan fingerprint density at radius 2 is 1.50 bits per heavy atom. The van der Waals surface area contributed by atoms with Gasteiger partial charge in [0.05, 0.1) is 4.90 Å². The number of nitrogens with one attached hydrogen (secondary N) is 1. The van der Waals surface area contributed by atoms with Crippen molar-refractivity contribution < 1.29 is 17.7 Å². The number of hydroxylamine groups is 1. The van der Waals surface area contributed by atoms with E-state index in [1.54, 1.807) is 36.4 Å². The number of hydrogen-bond acceptors (Lipinski definition) is 4. The van der Waals surface area contributed by atoms with E-state index in [4.69, 9.17) is 16.1 Å². The molecule has 0 aliphatic carbocycles. The second-order valence-electron chi connectivity index (χ2n) is 9.25. The van der Waals surface area contributed by atoms with Crippen molar-refractivity contribution in [3.8, 4) is 11.1 Å². The van der Waals surface area contributed by atoms with Crippen molar-refractivity contribution in [2.75, 3.05) is 0 Å². The molecule has 4 rings (SSSR count). The smallest absolute Gasteiger partial charge is 0.261 e. The summed E-state index contributed by atoms with van der Waals surface area (Å²) >= 11 is 5.97. The van der Waals surface area contributed by atoms with E-state index >= 15 is 0 Å². The van der Waals surface area contributed by atoms with Crippen LogP contribution in [-0.4, -0.2) is 33.0 Å². The van der Waals surface area contributed by atoms with Gasteiger partial charge >= 0.3 is 0 Å². The van der Waals surface area contributed by atoms with Crippen LogP contribution in [0.1, 0.15) is 11.1 Å². The lowest BCUT2D eigenvalue weighted by atomic mass is 9.95. The van der Waals surface area contributed by atoms with Crippen LogP contribution >= 0.6 is 11.6 Å². The Balaban J connectivity index is 1.65. The van der Waals surface area contributed by atoms with Crippen LogP contribution in [0.2, 0.25) is 24.7 Å². The fourth-order valence-corrected chi connectivity index (χ4v) is 5.94. The van der Waals surface area contributed by atoms with Crippen molar-refractivity contribution in [3.63, 3.8) is 0 Å². The lowest BCUT2D eigenvalue weighted by Gasteiger charge is -2.35. The number of halogens is 1.